The van der Waals surface area contributed by atoms with E-state index in [1.54, 1.807) is 0 Å². The number of furan rings is 1. The van der Waals surface area contributed by atoms with Gasteiger partial charge >= 0.3 is 5.97 Å². The Hall–Kier alpha value is -2.36. The zero-order valence-electron chi connectivity index (χ0n) is 10.6. The summed E-state index contributed by atoms with van der Waals surface area (Å²) in [5.74, 6) is -1.46. The lowest BCUT2D eigenvalue weighted by molar-refractivity contribution is 0.0660. The van der Waals surface area contributed by atoms with E-state index in [0.29, 0.717) is 12.8 Å². The Morgan fingerprint density at radius 3 is 2.26 bits per heavy atom. The smallest absolute Gasteiger partial charge is 0.371 e. The monoisotopic (exact) mass is 258 g/mol. The van der Waals surface area contributed by atoms with Crippen LogP contribution in [0.15, 0.2) is 40.8 Å². The van der Waals surface area contributed by atoms with Crippen molar-refractivity contribution in [1.29, 1.82) is 0 Å². The molecular weight excluding hydrogens is 244 g/mol. The van der Waals surface area contributed by atoms with Gasteiger partial charge in [-0.05, 0) is 31.0 Å². The van der Waals surface area contributed by atoms with Gasteiger partial charge in [-0.2, -0.15) is 0 Å². The van der Waals surface area contributed by atoms with E-state index < -0.39 is 5.97 Å². The van der Waals surface area contributed by atoms with Gasteiger partial charge in [-0.15, -0.1) is 0 Å². The molecule has 2 rings (SSSR count). The third-order valence-electron chi connectivity index (χ3n) is 2.85. The number of Topliss-reactive ketones (excluding diaryl/α,β-unsaturated/α-hetero) is 1. The fourth-order valence-electron chi connectivity index (χ4n) is 1.74. The maximum Gasteiger partial charge on any atom is 0.371 e. The molecule has 2 aromatic rings. The zero-order chi connectivity index (χ0) is 13.8. The van der Waals surface area contributed by atoms with Crippen molar-refractivity contribution >= 4 is 11.8 Å². The second kappa shape index (κ2) is 5.52. The van der Waals surface area contributed by atoms with Crippen LogP contribution < -0.4 is 0 Å². The molecule has 19 heavy (non-hydrogen) atoms. The summed E-state index contributed by atoms with van der Waals surface area (Å²) >= 11 is 0. The van der Waals surface area contributed by atoms with Gasteiger partial charge in [-0.25, -0.2) is 4.79 Å². The molecule has 0 amide bonds. The maximum atomic E-state index is 11.8. The minimum atomic E-state index is -1.17. The van der Waals surface area contributed by atoms with E-state index in [1.165, 1.54) is 17.7 Å². The standard InChI is InChI=1S/C15H14O4/c1-10-2-4-11(5-3-10)6-7-12(16)13-8-9-14(19-13)15(17)18/h2-5,8-9H,6-7H2,1H3,(H,17,18). The molecule has 4 heteroatoms. The van der Waals surface area contributed by atoms with Crippen molar-refractivity contribution in [2.45, 2.75) is 19.8 Å². The highest BCUT2D eigenvalue weighted by molar-refractivity contribution is 5.95. The summed E-state index contributed by atoms with van der Waals surface area (Å²) in [5, 5.41) is 8.71. The molecule has 0 radical (unpaired) electrons. The van der Waals surface area contributed by atoms with E-state index in [0.717, 1.165) is 5.56 Å². The molecule has 1 N–H and O–H groups in total. The second-order valence-corrected chi connectivity index (χ2v) is 4.38. The van der Waals surface area contributed by atoms with E-state index in [4.69, 9.17) is 9.52 Å². The molecule has 0 spiro atoms. The van der Waals surface area contributed by atoms with Gasteiger partial charge in [-0.1, -0.05) is 29.8 Å². The van der Waals surface area contributed by atoms with Gasteiger partial charge in [0.25, 0.3) is 0 Å². The Morgan fingerprint density at radius 2 is 1.68 bits per heavy atom. The molecule has 0 unspecified atom stereocenters. The van der Waals surface area contributed by atoms with Gasteiger partial charge in [0, 0.05) is 6.42 Å². The fourth-order valence-corrected chi connectivity index (χ4v) is 1.74. The molecule has 0 saturated heterocycles. The van der Waals surface area contributed by atoms with Gasteiger partial charge in [0.2, 0.25) is 5.76 Å². The molecule has 1 heterocycles. The third kappa shape index (κ3) is 3.31. The third-order valence-corrected chi connectivity index (χ3v) is 2.85. The summed E-state index contributed by atoms with van der Waals surface area (Å²) in [7, 11) is 0. The molecule has 98 valence electrons. The van der Waals surface area contributed by atoms with Gasteiger partial charge in [0.1, 0.15) is 0 Å². The van der Waals surface area contributed by atoms with Crippen LogP contribution in [0.2, 0.25) is 0 Å². The number of ketones is 1. The van der Waals surface area contributed by atoms with Crippen LogP contribution in [-0.2, 0) is 6.42 Å². The number of hydrogen-bond donors (Lipinski definition) is 1. The van der Waals surface area contributed by atoms with Crippen LogP contribution in [0.5, 0.6) is 0 Å². The number of carbonyl (C=O) groups is 2. The van der Waals surface area contributed by atoms with Crippen molar-refractivity contribution < 1.29 is 19.1 Å². The van der Waals surface area contributed by atoms with Gasteiger partial charge in [0.05, 0.1) is 0 Å². The Bertz CT molecular complexity index is 593. The van der Waals surface area contributed by atoms with Crippen LogP contribution >= 0.6 is 0 Å². The molecular formula is C15H14O4. The largest absolute Gasteiger partial charge is 0.475 e. The molecule has 0 aliphatic heterocycles. The molecule has 1 aromatic carbocycles. The van der Waals surface area contributed by atoms with Crippen molar-refractivity contribution in [2.24, 2.45) is 0 Å². The molecule has 0 saturated carbocycles. The molecule has 4 nitrogen and oxygen atoms in total. The lowest BCUT2D eigenvalue weighted by atomic mass is 10.1. The summed E-state index contributed by atoms with van der Waals surface area (Å²) in [6, 6.07) is 10.6. The number of benzene rings is 1. The minimum Gasteiger partial charge on any atom is -0.475 e. The Kier molecular flexibility index (Phi) is 3.80. The number of rotatable bonds is 5. The van der Waals surface area contributed by atoms with E-state index in [1.807, 2.05) is 31.2 Å². The molecule has 0 aliphatic rings. The van der Waals surface area contributed by atoms with Crippen molar-refractivity contribution in [3.63, 3.8) is 0 Å². The highest BCUT2D eigenvalue weighted by Gasteiger charge is 2.14. The first kappa shape index (κ1) is 13.1. The Morgan fingerprint density at radius 1 is 1.05 bits per heavy atom. The fraction of sp³-hybridized carbons (Fsp3) is 0.200. The number of carbonyl (C=O) groups excluding carboxylic acids is 1. The minimum absolute atomic E-state index is 0.101. The van der Waals surface area contributed by atoms with Crippen LogP contribution in [0.25, 0.3) is 0 Å². The Labute approximate surface area is 110 Å². The van der Waals surface area contributed by atoms with E-state index >= 15 is 0 Å². The highest BCUT2D eigenvalue weighted by atomic mass is 16.4. The second-order valence-electron chi connectivity index (χ2n) is 4.38. The molecule has 0 bridgehead atoms. The SMILES string of the molecule is Cc1ccc(CCC(=O)c2ccc(C(=O)O)o2)cc1. The molecule has 0 aliphatic carbocycles. The quantitative estimate of drug-likeness (QED) is 0.837. The van der Waals surface area contributed by atoms with Gasteiger partial charge in [-0.3, -0.25) is 4.79 Å². The van der Waals surface area contributed by atoms with Crippen LogP contribution in [0.3, 0.4) is 0 Å². The van der Waals surface area contributed by atoms with Gasteiger partial charge < -0.3 is 9.52 Å². The van der Waals surface area contributed by atoms with E-state index in [2.05, 4.69) is 0 Å². The van der Waals surface area contributed by atoms with E-state index in [9.17, 15) is 9.59 Å². The average Bonchev–Trinajstić information content (AvgIpc) is 2.87. The summed E-state index contributed by atoms with van der Waals surface area (Å²) in [6.45, 7) is 2.01. The van der Waals surface area contributed by atoms with Crippen molar-refractivity contribution in [3.8, 4) is 0 Å². The number of aromatic carboxylic acids is 1. The van der Waals surface area contributed by atoms with Crippen molar-refractivity contribution in [1.82, 2.24) is 0 Å². The number of carboxylic acid groups (broad SMARTS) is 1. The maximum absolute atomic E-state index is 11.8. The molecule has 1 aromatic heterocycles. The predicted octanol–water partition coefficient (Wildman–Crippen LogP) is 3.10. The summed E-state index contributed by atoms with van der Waals surface area (Å²) < 4.78 is 4.97. The zero-order valence-corrected chi connectivity index (χ0v) is 10.6. The average molecular weight is 258 g/mol. The topological polar surface area (TPSA) is 67.5 Å². The summed E-state index contributed by atoms with van der Waals surface area (Å²) in [6.07, 6.45) is 0.915. The normalized spacial score (nSPS) is 10.4. The summed E-state index contributed by atoms with van der Waals surface area (Å²) in [5.41, 5.74) is 2.25. The van der Waals surface area contributed by atoms with Crippen LogP contribution in [0, 0.1) is 6.92 Å². The first-order chi connectivity index (χ1) is 9.06. The van der Waals surface area contributed by atoms with Crippen LogP contribution in [0.4, 0.5) is 0 Å². The lowest BCUT2D eigenvalue weighted by Gasteiger charge is -2.00. The number of carboxylic acids is 1. The summed E-state index contributed by atoms with van der Waals surface area (Å²) in [4.78, 5) is 22.5. The lowest BCUT2D eigenvalue weighted by Crippen LogP contribution is -2.00. The van der Waals surface area contributed by atoms with E-state index in [-0.39, 0.29) is 17.3 Å². The number of hydrogen-bond acceptors (Lipinski definition) is 3. The molecule has 0 atom stereocenters. The van der Waals surface area contributed by atoms with Crippen LogP contribution in [0.1, 0.15) is 38.7 Å². The number of aryl methyl sites for hydroxylation is 2. The molecule has 0 fully saturated rings. The first-order valence-corrected chi connectivity index (χ1v) is 5.98. The van der Waals surface area contributed by atoms with Crippen molar-refractivity contribution in [3.05, 3.63) is 59.0 Å². The van der Waals surface area contributed by atoms with Crippen LogP contribution in [-0.4, -0.2) is 16.9 Å². The Balaban J connectivity index is 1.97. The highest BCUT2D eigenvalue weighted by Crippen LogP contribution is 2.13. The predicted molar refractivity (Wildman–Crippen MR) is 69.5 cm³/mol. The van der Waals surface area contributed by atoms with Crippen molar-refractivity contribution in [2.75, 3.05) is 0 Å². The first-order valence-electron chi connectivity index (χ1n) is 5.98. The van der Waals surface area contributed by atoms with Gasteiger partial charge in [0.15, 0.2) is 11.5 Å².